The number of pyridine rings is 1. The van der Waals surface area contributed by atoms with Gasteiger partial charge in [-0.3, -0.25) is 9.78 Å². The molecule has 0 saturated carbocycles. The van der Waals surface area contributed by atoms with Gasteiger partial charge in [0, 0.05) is 23.5 Å². The van der Waals surface area contributed by atoms with E-state index in [9.17, 15) is 4.79 Å². The second kappa shape index (κ2) is 6.74. The molecule has 5 nitrogen and oxygen atoms in total. The number of carbonyl (C=O) groups is 1. The van der Waals surface area contributed by atoms with E-state index in [1.165, 1.54) is 0 Å². The molecule has 2 aromatic rings. The number of benzene rings is 1. The summed E-state index contributed by atoms with van der Waals surface area (Å²) in [6.45, 7) is 1.90. The molecule has 0 unspecified atom stereocenters. The lowest BCUT2D eigenvalue weighted by Crippen LogP contribution is -2.26. The molecule has 0 bridgehead atoms. The van der Waals surface area contributed by atoms with Crippen molar-refractivity contribution in [2.45, 2.75) is 13.0 Å². The van der Waals surface area contributed by atoms with Crippen LogP contribution in [0.2, 0.25) is 0 Å². The molecule has 0 aliphatic carbocycles. The van der Waals surface area contributed by atoms with Crippen LogP contribution in [0.25, 0.3) is 0 Å². The molecule has 1 aromatic heterocycles. The quantitative estimate of drug-likeness (QED) is 0.917. The monoisotopic (exact) mass is 286 g/mol. The third-order valence-electron chi connectivity index (χ3n) is 3.19. The van der Waals surface area contributed by atoms with Crippen LogP contribution >= 0.6 is 0 Å². The van der Waals surface area contributed by atoms with E-state index in [0.29, 0.717) is 11.3 Å². The third-order valence-corrected chi connectivity index (χ3v) is 3.19. The van der Waals surface area contributed by atoms with Crippen LogP contribution in [0.5, 0.6) is 11.5 Å². The van der Waals surface area contributed by atoms with Crippen molar-refractivity contribution >= 4 is 5.91 Å². The molecule has 0 spiro atoms. The molecular formula is C16H18N2O3. The van der Waals surface area contributed by atoms with E-state index in [-0.39, 0.29) is 11.9 Å². The molecule has 0 aliphatic heterocycles. The van der Waals surface area contributed by atoms with Gasteiger partial charge in [0.15, 0.2) is 0 Å². The molecule has 0 fully saturated rings. The van der Waals surface area contributed by atoms with E-state index in [4.69, 9.17) is 9.47 Å². The first-order chi connectivity index (χ1) is 10.2. The predicted octanol–water partition coefficient (Wildman–Crippen LogP) is 2.59. The Balaban J connectivity index is 2.20. The minimum atomic E-state index is -0.212. The van der Waals surface area contributed by atoms with Gasteiger partial charge >= 0.3 is 0 Å². The van der Waals surface area contributed by atoms with Gasteiger partial charge in [-0.2, -0.15) is 0 Å². The van der Waals surface area contributed by atoms with Crippen LogP contribution in [0, 0.1) is 0 Å². The lowest BCUT2D eigenvalue weighted by atomic mass is 10.1. The Morgan fingerprint density at radius 2 is 1.86 bits per heavy atom. The number of rotatable bonds is 5. The molecule has 5 heteroatoms. The minimum Gasteiger partial charge on any atom is -0.497 e. The molecule has 1 aromatic carbocycles. The first-order valence-electron chi connectivity index (χ1n) is 6.58. The fourth-order valence-corrected chi connectivity index (χ4v) is 2.04. The first kappa shape index (κ1) is 14.8. The van der Waals surface area contributed by atoms with Crippen molar-refractivity contribution in [2.24, 2.45) is 0 Å². The van der Waals surface area contributed by atoms with Crippen LogP contribution in [-0.2, 0) is 0 Å². The van der Waals surface area contributed by atoms with Crippen LogP contribution in [0.4, 0.5) is 0 Å². The molecule has 21 heavy (non-hydrogen) atoms. The van der Waals surface area contributed by atoms with Gasteiger partial charge < -0.3 is 14.8 Å². The summed E-state index contributed by atoms with van der Waals surface area (Å²) in [5, 5.41) is 2.94. The van der Waals surface area contributed by atoms with E-state index in [1.54, 1.807) is 38.7 Å². The third kappa shape index (κ3) is 3.51. The maximum absolute atomic E-state index is 12.2. The summed E-state index contributed by atoms with van der Waals surface area (Å²) >= 11 is 0. The molecule has 110 valence electrons. The molecule has 0 radical (unpaired) electrons. The summed E-state index contributed by atoms with van der Waals surface area (Å²) in [7, 11) is 3.20. The van der Waals surface area contributed by atoms with Crippen molar-refractivity contribution in [3.63, 3.8) is 0 Å². The van der Waals surface area contributed by atoms with Crippen molar-refractivity contribution in [3.05, 3.63) is 53.9 Å². The van der Waals surface area contributed by atoms with Crippen LogP contribution in [0.1, 0.15) is 28.9 Å². The lowest BCUT2D eigenvalue weighted by Gasteiger charge is -2.18. The highest BCUT2D eigenvalue weighted by Crippen LogP contribution is 2.29. The summed E-state index contributed by atoms with van der Waals surface area (Å²) < 4.78 is 10.6. The number of methoxy groups -OCH3 is 2. The van der Waals surface area contributed by atoms with Gasteiger partial charge in [-0.15, -0.1) is 0 Å². The van der Waals surface area contributed by atoms with Crippen molar-refractivity contribution in [2.75, 3.05) is 14.2 Å². The molecule has 0 saturated heterocycles. The Labute approximate surface area is 123 Å². The highest BCUT2D eigenvalue weighted by molar-refractivity contribution is 5.94. The topological polar surface area (TPSA) is 60.5 Å². The van der Waals surface area contributed by atoms with E-state index < -0.39 is 0 Å². The van der Waals surface area contributed by atoms with Gasteiger partial charge in [0.25, 0.3) is 5.91 Å². The molecule has 2 rings (SSSR count). The highest BCUT2D eigenvalue weighted by atomic mass is 16.5. The first-order valence-corrected chi connectivity index (χ1v) is 6.58. The maximum atomic E-state index is 12.2. The average Bonchev–Trinajstić information content (AvgIpc) is 2.54. The van der Waals surface area contributed by atoms with Gasteiger partial charge in [-0.1, -0.05) is 0 Å². The van der Waals surface area contributed by atoms with Crippen LogP contribution in [0.3, 0.4) is 0 Å². The van der Waals surface area contributed by atoms with E-state index in [2.05, 4.69) is 10.3 Å². The standard InChI is InChI=1S/C16H18N2O3/c1-11(18-16(19)12-6-8-17-9-7-12)14-10-13(20-2)4-5-15(14)21-3/h4-11H,1-3H3,(H,18,19)/t11-/m0/s1. The van der Waals surface area contributed by atoms with Gasteiger partial charge in [-0.25, -0.2) is 0 Å². The fraction of sp³-hybridized carbons (Fsp3) is 0.250. The number of amides is 1. The smallest absolute Gasteiger partial charge is 0.251 e. The highest BCUT2D eigenvalue weighted by Gasteiger charge is 2.16. The number of ether oxygens (including phenoxy) is 2. The maximum Gasteiger partial charge on any atom is 0.251 e. The SMILES string of the molecule is COc1ccc(OC)c([C@H](C)NC(=O)c2ccncc2)c1. The van der Waals surface area contributed by atoms with Gasteiger partial charge in [0.05, 0.1) is 20.3 Å². The van der Waals surface area contributed by atoms with Gasteiger partial charge in [0.2, 0.25) is 0 Å². The van der Waals surface area contributed by atoms with E-state index >= 15 is 0 Å². The summed E-state index contributed by atoms with van der Waals surface area (Å²) in [4.78, 5) is 16.1. The second-order valence-corrected chi connectivity index (χ2v) is 4.54. The fourth-order valence-electron chi connectivity index (χ4n) is 2.04. The van der Waals surface area contributed by atoms with Crippen molar-refractivity contribution in [1.82, 2.24) is 10.3 Å². The van der Waals surface area contributed by atoms with E-state index in [0.717, 1.165) is 11.3 Å². The van der Waals surface area contributed by atoms with Crippen LogP contribution < -0.4 is 14.8 Å². The Morgan fingerprint density at radius 3 is 2.48 bits per heavy atom. The summed E-state index contributed by atoms with van der Waals surface area (Å²) in [5.41, 5.74) is 1.43. The number of nitrogens with one attached hydrogen (secondary N) is 1. The molecule has 1 N–H and O–H groups in total. The average molecular weight is 286 g/mol. The molecular weight excluding hydrogens is 268 g/mol. The van der Waals surface area contributed by atoms with Crippen molar-refractivity contribution in [1.29, 1.82) is 0 Å². The van der Waals surface area contributed by atoms with Gasteiger partial charge in [0.1, 0.15) is 11.5 Å². The molecule has 1 atom stereocenters. The van der Waals surface area contributed by atoms with Crippen LogP contribution in [-0.4, -0.2) is 25.1 Å². The predicted molar refractivity (Wildman–Crippen MR) is 79.7 cm³/mol. The summed E-state index contributed by atoms with van der Waals surface area (Å²) in [6, 6.07) is 8.63. The van der Waals surface area contributed by atoms with E-state index in [1.807, 2.05) is 25.1 Å². The summed E-state index contributed by atoms with van der Waals surface area (Å²) in [5.74, 6) is 1.27. The zero-order chi connectivity index (χ0) is 15.2. The van der Waals surface area contributed by atoms with Crippen molar-refractivity contribution < 1.29 is 14.3 Å². The molecule has 1 heterocycles. The normalized spacial score (nSPS) is 11.6. The lowest BCUT2D eigenvalue weighted by molar-refractivity contribution is 0.0939. The Morgan fingerprint density at radius 1 is 1.14 bits per heavy atom. The number of hydrogen-bond acceptors (Lipinski definition) is 4. The Bertz CT molecular complexity index is 614. The largest absolute Gasteiger partial charge is 0.497 e. The Kier molecular flexibility index (Phi) is 4.77. The zero-order valence-electron chi connectivity index (χ0n) is 12.3. The number of nitrogens with zero attached hydrogens (tertiary/aromatic N) is 1. The van der Waals surface area contributed by atoms with Crippen molar-refractivity contribution in [3.8, 4) is 11.5 Å². The second-order valence-electron chi connectivity index (χ2n) is 4.54. The number of aromatic nitrogens is 1. The summed E-state index contributed by atoms with van der Waals surface area (Å²) in [6.07, 6.45) is 3.18. The zero-order valence-corrected chi connectivity index (χ0v) is 12.3. The number of hydrogen-bond donors (Lipinski definition) is 1. The van der Waals surface area contributed by atoms with Crippen LogP contribution in [0.15, 0.2) is 42.7 Å². The minimum absolute atomic E-state index is 0.158. The Hall–Kier alpha value is -2.56. The molecule has 1 amide bonds. The molecule has 0 aliphatic rings. The number of carbonyl (C=O) groups excluding carboxylic acids is 1. The van der Waals surface area contributed by atoms with Gasteiger partial charge in [-0.05, 0) is 37.3 Å².